The third-order valence-electron chi connectivity index (χ3n) is 5.31. The lowest BCUT2D eigenvalue weighted by molar-refractivity contribution is 0.0951. The number of carbonyl (C=O) groups is 1. The number of pyridine rings is 1. The highest BCUT2D eigenvalue weighted by atomic mass is 32.1. The van der Waals surface area contributed by atoms with Gasteiger partial charge in [0.25, 0.3) is 11.5 Å². The van der Waals surface area contributed by atoms with Crippen molar-refractivity contribution in [3.63, 3.8) is 0 Å². The highest BCUT2D eigenvalue weighted by Crippen LogP contribution is 2.27. The smallest absolute Gasteiger partial charge is 0.262 e. The van der Waals surface area contributed by atoms with Gasteiger partial charge in [-0.2, -0.15) is 0 Å². The van der Waals surface area contributed by atoms with Crippen LogP contribution in [0.4, 0.5) is 0 Å². The first-order valence-electron chi connectivity index (χ1n) is 9.59. The second-order valence-corrected chi connectivity index (χ2v) is 7.59. The van der Waals surface area contributed by atoms with Gasteiger partial charge < -0.3 is 10.3 Å². The monoisotopic (exact) mass is 394 g/mol. The van der Waals surface area contributed by atoms with Crippen LogP contribution in [-0.4, -0.2) is 20.4 Å². The molecule has 1 fully saturated rings. The molecule has 0 saturated heterocycles. The number of nitrogens with zero attached hydrogens (tertiary/aromatic N) is 2. The number of amides is 1. The summed E-state index contributed by atoms with van der Waals surface area (Å²) >= 11 is 5.47. The van der Waals surface area contributed by atoms with Crippen molar-refractivity contribution in [3.05, 3.63) is 69.0 Å². The number of benzene rings is 1. The topological polar surface area (TPSA) is 79.8 Å². The number of H-pyrrole nitrogens is 1. The summed E-state index contributed by atoms with van der Waals surface area (Å²) in [7, 11) is 0. The van der Waals surface area contributed by atoms with Crippen LogP contribution in [0.15, 0.2) is 47.5 Å². The molecule has 1 saturated carbocycles. The minimum Gasteiger partial charge on any atom is -0.348 e. The normalized spacial score (nSPS) is 14.9. The van der Waals surface area contributed by atoms with Gasteiger partial charge in [-0.05, 0) is 54.9 Å². The van der Waals surface area contributed by atoms with E-state index in [1.54, 1.807) is 35.2 Å². The molecule has 1 aliphatic carbocycles. The summed E-state index contributed by atoms with van der Waals surface area (Å²) in [6, 6.07) is 8.98. The highest BCUT2D eigenvalue weighted by Gasteiger charge is 2.19. The SMILES string of the molecule is O=C(NCc1cccnc1)c1ccc2c(=O)n(C3CCCCC3)c(=S)[nH]c2c1. The summed E-state index contributed by atoms with van der Waals surface area (Å²) in [5.74, 6) is -0.207. The van der Waals surface area contributed by atoms with Gasteiger partial charge in [-0.15, -0.1) is 0 Å². The first-order valence-corrected chi connectivity index (χ1v) is 10.00. The maximum absolute atomic E-state index is 13.0. The lowest BCUT2D eigenvalue weighted by Crippen LogP contribution is -2.28. The van der Waals surface area contributed by atoms with Gasteiger partial charge in [-0.3, -0.25) is 19.1 Å². The average Bonchev–Trinajstić information content (AvgIpc) is 2.73. The van der Waals surface area contributed by atoms with Gasteiger partial charge in [-0.25, -0.2) is 0 Å². The predicted octanol–water partition coefficient (Wildman–Crippen LogP) is 3.89. The molecule has 0 atom stereocenters. The van der Waals surface area contributed by atoms with Crippen LogP contribution in [0.1, 0.15) is 54.1 Å². The second-order valence-electron chi connectivity index (χ2n) is 7.20. The Kier molecular flexibility index (Phi) is 5.34. The highest BCUT2D eigenvalue weighted by molar-refractivity contribution is 7.71. The molecule has 6 nitrogen and oxygen atoms in total. The largest absolute Gasteiger partial charge is 0.348 e. The third-order valence-corrected chi connectivity index (χ3v) is 5.61. The number of carbonyl (C=O) groups excluding carboxylic acids is 1. The van der Waals surface area contributed by atoms with Gasteiger partial charge in [0.05, 0.1) is 10.9 Å². The molecule has 144 valence electrons. The molecule has 1 aromatic carbocycles. The number of aromatic nitrogens is 3. The standard InChI is InChI=1S/C21H22N4O2S/c26-19(23-13-14-5-4-10-22-12-14)15-8-9-17-18(11-15)24-21(28)25(20(17)27)16-6-2-1-3-7-16/h4-5,8-12,16H,1-3,6-7,13H2,(H,23,26)(H,24,28). The predicted molar refractivity (Wildman–Crippen MR) is 111 cm³/mol. The van der Waals surface area contributed by atoms with Crippen molar-refractivity contribution in [1.82, 2.24) is 19.9 Å². The number of fused-ring (bicyclic) bond motifs is 1. The lowest BCUT2D eigenvalue weighted by Gasteiger charge is -2.24. The Balaban J connectivity index is 1.61. The van der Waals surface area contributed by atoms with Crippen LogP contribution in [0.2, 0.25) is 0 Å². The fourth-order valence-corrected chi connectivity index (χ4v) is 4.17. The molecule has 0 spiro atoms. The Hall–Kier alpha value is -2.80. The van der Waals surface area contributed by atoms with Crippen LogP contribution in [-0.2, 0) is 6.54 Å². The van der Waals surface area contributed by atoms with Crippen molar-refractivity contribution in [2.75, 3.05) is 0 Å². The lowest BCUT2D eigenvalue weighted by atomic mass is 9.95. The summed E-state index contributed by atoms with van der Waals surface area (Å²) < 4.78 is 2.15. The number of rotatable bonds is 4. The maximum atomic E-state index is 13.0. The molecule has 0 bridgehead atoms. The van der Waals surface area contributed by atoms with E-state index >= 15 is 0 Å². The molecule has 1 amide bonds. The van der Waals surface area contributed by atoms with Crippen LogP contribution in [0.5, 0.6) is 0 Å². The van der Waals surface area contributed by atoms with Gasteiger partial charge >= 0.3 is 0 Å². The fraction of sp³-hybridized carbons (Fsp3) is 0.333. The van der Waals surface area contributed by atoms with Crippen LogP contribution in [0.3, 0.4) is 0 Å². The zero-order valence-electron chi connectivity index (χ0n) is 15.5. The molecule has 0 radical (unpaired) electrons. The van der Waals surface area contributed by atoms with Crippen molar-refractivity contribution in [3.8, 4) is 0 Å². The molecule has 3 aromatic rings. The summed E-state index contributed by atoms with van der Waals surface area (Å²) in [6.07, 6.45) is 8.84. The molecule has 2 N–H and O–H groups in total. The first-order chi connectivity index (χ1) is 13.6. The molecule has 2 aromatic heterocycles. The number of aromatic amines is 1. The van der Waals surface area contributed by atoms with E-state index in [0.29, 0.717) is 27.8 Å². The Labute approximate surface area is 167 Å². The van der Waals surface area contributed by atoms with E-state index in [-0.39, 0.29) is 17.5 Å². The quantitative estimate of drug-likeness (QED) is 0.658. The molecule has 0 unspecified atom stereocenters. The molecular formula is C21H22N4O2S. The molecule has 4 rings (SSSR count). The van der Waals surface area contributed by atoms with Crippen molar-refractivity contribution >= 4 is 29.0 Å². The number of hydrogen-bond donors (Lipinski definition) is 2. The van der Waals surface area contributed by atoms with E-state index in [1.165, 1.54) is 6.42 Å². The summed E-state index contributed by atoms with van der Waals surface area (Å²) in [5.41, 5.74) is 1.92. The third kappa shape index (κ3) is 3.75. The van der Waals surface area contributed by atoms with Crippen LogP contribution in [0.25, 0.3) is 10.9 Å². The molecule has 28 heavy (non-hydrogen) atoms. The second kappa shape index (κ2) is 8.06. The Morgan fingerprint density at radius 3 is 2.82 bits per heavy atom. The Bertz CT molecular complexity index is 1110. The van der Waals surface area contributed by atoms with E-state index in [9.17, 15) is 9.59 Å². The first kappa shape index (κ1) is 18.6. The minimum atomic E-state index is -0.207. The average molecular weight is 395 g/mol. The number of hydrogen-bond acceptors (Lipinski definition) is 4. The van der Waals surface area contributed by atoms with E-state index in [1.807, 2.05) is 12.1 Å². The molecule has 7 heteroatoms. The van der Waals surface area contributed by atoms with Crippen molar-refractivity contribution in [1.29, 1.82) is 0 Å². The van der Waals surface area contributed by atoms with Gasteiger partial charge in [-0.1, -0.05) is 25.3 Å². The molecule has 1 aliphatic rings. The zero-order chi connectivity index (χ0) is 19.5. The zero-order valence-corrected chi connectivity index (χ0v) is 16.3. The van der Waals surface area contributed by atoms with E-state index in [2.05, 4.69) is 15.3 Å². The van der Waals surface area contributed by atoms with Crippen LogP contribution >= 0.6 is 12.2 Å². The van der Waals surface area contributed by atoms with Crippen LogP contribution in [0, 0.1) is 4.77 Å². The van der Waals surface area contributed by atoms with Gasteiger partial charge in [0, 0.05) is 30.5 Å². The fourth-order valence-electron chi connectivity index (χ4n) is 3.83. The summed E-state index contributed by atoms with van der Waals surface area (Å²) in [6.45, 7) is 0.393. The van der Waals surface area contributed by atoms with Crippen molar-refractivity contribution < 1.29 is 4.79 Å². The van der Waals surface area contributed by atoms with Gasteiger partial charge in [0.2, 0.25) is 0 Å². The van der Waals surface area contributed by atoms with Crippen molar-refractivity contribution in [2.45, 2.75) is 44.7 Å². The number of nitrogens with one attached hydrogen (secondary N) is 2. The molecule has 0 aliphatic heterocycles. The minimum absolute atomic E-state index is 0.0760. The summed E-state index contributed by atoms with van der Waals surface area (Å²) in [5, 5.41) is 3.43. The van der Waals surface area contributed by atoms with E-state index < -0.39 is 0 Å². The van der Waals surface area contributed by atoms with Crippen molar-refractivity contribution in [2.24, 2.45) is 0 Å². The van der Waals surface area contributed by atoms with Crippen LogP contribution < -0.4 is 10.9 Å². The van der Waals surface area contributed by atoms with Gasteiger partial charge in [0.1, 0.15) is 0 Å². The Morgan fingerprint density at radius 2 is 2.07 bits per heavy atom. The summed E-state index contributed by atoms with van der Waals surface area (Å²) in [4.78, 5) is 32.7. The molecule has 2 heterocycles. The van der Waals surface area contributed by atoms with E-state index in [4.69, 9.17) is 12.2 Å². The maximum Gasteiger partial charge on any atom is 0.262 e. The van der Waals surface area contributed by atoms with Gasteiger partial charge in [0.15, 0.2) is 4.77 Å². The molecular weight excluding hydrogens is 372 g/mol. The Morgan fingerprint density at radius 1 is 1.25 bits per heavy atom. The van der Waals surface area contributed by atoms with E-state index in [0.717, 1.165) is 31.2 Å².